The van der Waals surface area contributed by atoms with Crippen molar-refractivity contribution in [3.05, 3.63) is 18.3 Å². The van der Waals surface area contributed by atoms with E-state index in [0.29, 0.717) is 12.0 Å². The summed E-state index contributed by atoms with van der Waals surface area (Å²) >= 11 is 0. The van der Waals surface area contributed by atoms with Gasteiger partial charge in [0.1, 0.15) is 12.0 Å². The molecule has 2 aromatic rings. The molecule has 3 aliphatic rings. The van der Waals surface area contributed by atoms with Crippen molar-refractivity contribution >= 4 is 11.8 Å². The molecule has 2 fully saturated rings. The van der Waals surface area contributed by atoms with E-state index in [1.54, 1.807) is 6.33 Å². The van der Waals surface area contributed by atoms with Gasteiger partial charge in [0.25, 0.3) is 0 Å². The topological polar surface area (TPSA) is 87.0 Å². The average Bonchev–Trinajstić information content (AvgIpc) is 3.39. The molecule has 0 aromatic carbocycles. The first-order valence-corrected chi connectivity index (χ1v) is 10.1. The molecule has 27 heavy (non-hydrogen) atoms. The van der Waals surface area contributed by atoms with Crippen LogP contribution in [0.3, 0.4) is 0 Å². The van der Waals surface area contributed by atoms with Gasteiger partial charge in [-0.15, -0.1) is 10.2 Å². The van der Waals surface area contributed by atoms with E-state index in [4.69, 9.17) is 4.98 Å². The minimum Gasteiger partial charge on any atom is -0.341 e. The molecule has 0 bridgehead atoms. The van der Waals surface area contributed by atoms with E-state index in [2.05, 4.69) is 47.3 Å². The summed E-state index contributed by atoms with van der Waals surface area (Å²) in [6, 6.07) is 0.728. The molecule has 0 unspecified atom stereocenters. The van der Waals surface area contributed by atoms with Crippen LogP contribution in [-0.2, 0) is 0 Å². The quantitative estimate of drug-likeness (QED) is 0.839. The zero-order valence-corrected chi connectivity index (χ0v) is 15.8. The molecule has 4 heterocycles. The molecular formula is C18H27N9. The number of nitrogens with zero attached hydrogens (tertiary/aromatic N) is 7. The number of hydrazine groups is 1. The number of hydrogen-bond acceptors (Lipinski definition) is 8. The highest BCUT2D eigenvalue weighted by Crippen LogP contribution is 2.42. The van der Waals surface area contributed by atoms with Crippen molar-refractivity contribution in [2.45, 2.75) is 51.1 Å². The average molecular weight is 369 g/mol. The lowest BCUT2D eigenvalue weighted by atomic mass is 10.0. The second kappa shape index (κ2) is 7.05. The van der Waals surface area contributed by atoms with Gasteiger partial charge in [-0.1, -0.05) is 19.8 Å². The molecule has 1 saturated heterocycles. The molecule has 2 N–H and O–H groups in total. The zero-order chi connectivity index (χ0) is 18.2. The Morgan fingerprint density at radius 2 is 2.04 bits per heavy atom. The van der Waals surface area contributed by atoms with Gasteiger partial charge in [0.15, 0.2) is 11.6 Å². The molecule has 9 heteroatoms. The summed E-state index contributed by atoms with van der Waals surface area (Å²) in [5.74, 6) is 2.68. The summed E-state index contributed by atoms with van der Waals surface area (Å²) in [6.45, 7) is 6.07. The normalized spacial score (nSPS) is 23.3. The van der Waals surface area contributed by atoms with Crippen LogP contribution in [-0.4, -0.2) is 62.0 Å². The van der Waals surface area contributed by atoms with Crippen LogP contribution < -0.4 is 15.6 Å². The molecule has 0 radical (unpaired) electrons. The first-order valence-electron chi connectivity index (χ1n) is 10.1. The number of hydrogen-bond donors (Lipinski definition) is 2. The molecule has 2 aliphatic heterocycles. The van der Waals surface area contributed by atoms with Gasteiger partial charge in [0.2, 0.25) is 5.95 Å². The largest absolute Gasteiger partial charge is 0.341 e. The van der Waals surface area contributed by atoms with Crippen LogP contribution in [0.25, 0.3) is 5.69 Å². The lowest BCUT2D eigenvalue weighted by Gasteiger charge is -2.41. The third-order valence-corrected chi connectivity index (χ3v) is 5.94. The molecule has 144 valence electrons. The number of aromatic nitrogens is 5. The Morgan fingerprint density at radius 3 is 2.81 bits per heavy atom. The van der Waals surface area contributed by atoms with Gasteiger partial charge in [-0.3, -0.25) is 9.99 Å². The van der Waals surface area contributed by atoms with E-state index >= 15 is 0 Å². The predicted molar refractivity (Wildman–Crippen MR) is 103 cm³/mol. The van der Waals surface area contributed by atoms with Crippen LogP contribution >= 0.6 is 0 Å². The fourth-order valence-corrected chi connectivity index (χ4v) is 4.62. The van der Waals surface area contributed by atoms with Crippen LogP contribution in [0, 0.1) is 0 Å². The van der Waals surface area contributed by atoms with E-state index in [-0.39, 0.29) is 6.04 Å². The van der Waals surface area contributed by atoms with Crippen molar-refractivity contribution in [3.8, 4) is 5.69 Å². The smallest absolute Gasteiger partial charge is 0.239 e. The van der Waals surface area contributed by atoms with Gasteiger partial charge < -0.3 is 10.2 Å². The fraction of sp³-hybridized carbons (Fsp3) is 0.667. The van der Waals surface area contributed by atoms with Crippen molar-refractivity contribution in [2.24, 2.45) is 0 Å². The van der Waals surface area contributed by atoms with Gasteiger partial charge in [-0.05, 0) is 19.3 Å². The van der Waals surface area contributed by atoms with Gasteiger partial charge in [-0.2, -0.15) is 4.98 Å². The summed E-state index contributed by atoms with van der Waals surface area (Å²) in [6.07, 6.45) is 9.69. The first-order chi connectivity index (χ1) is 13.3. The Balaban J connectivity index is 1.54. The lowest BCUT2D eigenvalue weighted by Crippen LogP contribution is -2.46. The van der Waals surface area contributed by atoms with Gasteiger partial charge in [0, 0.05) is 32.2 Å². The van der Waals surface area contributed by atoms with Crippen LogP contribution in [0.15, 0.2) is 12.5 Å². The highest BCUT2D eigenvalue weighted by atomic mass is 15.5. The Morgan fingerprint density at radius 1 is 1.22 bits per heavy atom. The van der Waals surface area contributed by atoms with Crippen molar-refractivity contribution in [2.75, 3.05) is 36.5 Å². The Hall–Kier alpha value is -2.26. The molecular weight excluding hydrogens is 342 g/mol. The lowest BCUT2D eigenvalue weighted by molar-refractivity contribution is 0.284. The maximum atomic E-state index is 4.98. The summed E-state index contributed by atoms with van der Waals surface area (Å²) < 4.78 is 2.06. The Kier molecular flexibility index (Phi) is 4.41. The molecule has 9 nitrogen and oxygen atoms in total. The standard InChI is InChI=1S/C18H27N9/c1-2-14-17-23-21-12-26(17)15-11-20-18(24-25-9-7-19-8-10-25)22-16(15)27(14)13-5-3-4-6-13/h11-14,19H,2-10H2,1H3,(H,20,22,24)/t14-/m1/s1. The fourth-order valence-electron chi connectivity index (χ4n) is 4.62. The molecule has 1 saturated carbocycles. The molecule has 5 rings (SSSR count). The number of rotatable bonds is 4. The summed E-state index contributed by atoms with van der Waals surface area (Å²) in [5.41, 5.74) is 4.38. The van der Waals surface area contributed by atoms with Gasteiger partial charge in [0.05, 0.1) is 12.2 Å². The SMILES string of the molecule is CC[C@@H]1c2nncn2-c2cnc(NN3CCNCC3)nc2N1C1CCCC1. The maximum Gasteiger partial charge on any atom is 0.239 e. The number of fused-ring (bicyclic) bond motifs is 3. The first kappa shape index (κ1) is 16.9. The maximum absolute atomic E-state index is 4.98. The minimum absolute atomic E-state index is 0.213. The number of piperazine rings is 1. The van der Waals surface area contributed by atoms with E-state index in [0.717, 1.165) is 49.9 Å². The highest BCUT2D eigenvalue weighted by molar-refractivity contribution is 5.63. The van der Waals surface area contributed by atoms with E-state index in [1.807, 2.05) is 6.20 Å². The van der Waals surface area contributed by atoms with E-state index in [9.17, 15) is 0 Å². The second-order valence-corrected chi connectivity index (χ2v) is 7.58. The van der Waals surface area contributed by atoms with E-state index in [1.165, 1.54) is 25.7 Å². The molecule has 0 spiro atoms. The van der Waals surface area contributed by atoms with E-state index < -0.39 is 0 Å². The zero-order valence-electron chi connectivity index (χ0n) is 15.8. The van der Waals surface area contributed by atoms with Crippen LogP contribution in [0.5, 0.6) is 0 Å². The van der Waals surface area contributed by atoms with Gasteiger partial charge in [-0.25, -0.2) is 9.99 Å². The van der Waals surface area contributed by atoms with Gasteiger partial charge >= 0.3 is 0 Å². The van der Waals surface area contributed by atoms with Crippen molar-refractivity contribution < 1.29 is 0 Å². The van der Waals surface area contributed by atoms with Crippen LogP contribution in [0.1, 0.15) is 50.9 Å². The Labute approximate surface area is 159 Å². The summed E-state index contributed by atoms with van der Waals surface area (Å²) in [4.78, 5) is 12.1. The second-order valence-electron chi connectivity index (χ2n) is 7.58. The molecule has 1 atom stereocenters. The molecule has 2 aromatic heterocycles. The third-order valence-electron chi connectivity index (χ3n) is 5.94. The third kappa shape index (κ3) is 2.94. The highest BCUT2D eigenvalue weighted by Gasteiger charge is 2.38. The summed E-state index contributed by atoms with van der Waals surface area (Å²) in [5, 5.41) is 14.2. The molecule has 1 aliphatic carbocycles. The monoisotopic (exact) mass is 369 g/mol. The summed E-state index contributed by atoms with van der Waals surface area (Å²) in [7, 11) is 0. The minimum atomic E-state index is 0.213. The Bertz CT molecular complexity index is 792. The number of nitrogens with one attached hydrogen (secondary N) is 2. The van der Waals surface area contributed by atoms with Crippen molar-refractivity contribution in [1.82, 2.24) is 35.1 Å². The molecule has 0 amide bonds. The van der Waals surface area contributed by atoms with Crippen LogP contribution in [0.2, 0.25) is 0 Å². The van der Waals surface area contributed by atoms with Crippen molar-refractivity contribution in [1.29, 1.82) is 0 Å². The van der Waals surface area contributed by atoms with Crippen molar-refractivity contribution in [3.63, 3.8) is 0 Å². The van der Waals surface area contributed by atoms with Crippen LogP contribution in [0.4, 0.5) is 11.8 Å². The predicted octanol–water partition coefficient (Wildman–Crippen LogP) is 1.50. The number of anilines is 2.